The largest absolute Gasteiger partial charge is 0.411 e. The third-order valence-corrected chi connectivity index (χ3v) is 1.96. The Bertz CT molecular complexity index is 218. The molecule has 1 N–H and O–H groups in total. The second-order valence-electron chi connectivity index (χ2n) is 1.74. The van der Waals surface area contributed by atoms with E-state index in [0.29, 0.717) is 12.1 Å². The van der Waals surface area contributed by atoms with E-state index >= 15 is 0 Å². The summed E-state index contributed by atoms with van der Waals surface area (Å²) < 4.78 is 0. The molecule has 1 aromatic heterocycles. The van der Waals surface area contributed by atoms with Crippen molar-refractivity contribution in [1.29, 1.82) is 0 Å². The van der Waals surface area contributed by atoms with Crippen LogP contribution in [0.25, 0.3) is 0 Å². The molecule has 0 saturated carbocycles. The highest BCUT2D eigenvalue weighted by Crippen LogP contribution is 2.07. The predicted octanol–water partition coefficient (Wildman–Crippen LogP) is 1.73. The van der Waals surface area contributed by atoms with Gasteiger partial charge < -0.3 is 5.21 Å². The van der Waals surface area contributed by atoms with Gasteiger partial charge in [0.1, 0.15) is 10.7 Å². The van der Waals surface area contributed by atoms with Crippen molar-refractivity contribution in [2.24, 2.45) is 5.16 Å². The van der Waals surface area contributed by atoms with Crippen molar-refractivity contribution in [3.8, 4) is 0 Å². The van der Waals surface area contributed by atoms with Gasteiger partial charge in [0, 0.05) is 11.6 Å². The maximum atomic E-state index is 8.45. The van der Waals surface area contributed by atoms with Crippen LogP contribution in [0.5, 0.6) is 0 Å². The number of oxime groups is 1. The lowest BCUT2D eigenvalue weighted by atomic mass is 10.3. The molecule has 10 heavy (non-hydrogen) atoms. The van der Waals surface area contributed by atoms with Gasteiger partial charge in [-0.2, -0.15) is 0 Å². The van der Waals surface area contributed by atoms with E-state index in [4.69, 9.17) is 5.21 Å². The van der Waals surface area contributed by atoms with Crippen molar-refractivity contribution < 1.29 is 5.21 Å². The van der Waals surface area contributed by atoms with E-state index in [2.05, 4.69) is 10.1 Å². The standard InChI is InChI=1S/C6H8N2OS/c1-2-5(8-9)6-7-3-4-10-6/h3-4,9H,2H2,1H3. The topological polar surface area (TPSA) is 45.5 Å². The van der Waals surface area contributed by atoms with Crippen LogP contribution in [-0.4, -0.2) is 15.9 Å². The maximum Gasteiger partial charge on any atom is 0.140 e. The van der Waals surface area contributed by atoms with Crippen LogP contribution in [-0.2, 0) is 0 Å². The Morgan fingerprint density at radius 2 is 2.70 bits per heavy atom. The summed E-state index contributed by atoms with van der Waals surface area (Å²) in [6, 6.07) is 0. The first-order chi connectivity index (χ1) is 4.88. The lowest BCUT2D eigenvalue weighted by molar-refractivity contribution is 0.318. The Morgan fingerprint density at radius 1 is 1.90 bits per heavy atom. The minimum absolute atomic E-state index is 0.648. The molecule has 0 atom stereocenters. The third kappa shape index (κ3) is 1.33. The molecule has 0 bridgehead atoms. The van der Waals surface area contributed by atoms with Crippen LogP contribution < -0.4 is 0 Å². The Labute approximate surface area is 63.0 Å². The molecule has 0 aromatic carbocycles. The summed E-state index contributed by atoms with van der Waals surface area (Å²) in [6.45, 7) is 1.93. The Hall–Kier alpha value is -0.900. The number of thiazole rings is 1. The average molecular weight is 156 g/mol. The molecule has 0 amide bonds. The van der Waals surface area contributed by atoms with Crippen LogP contribution in [0.2, 0.25) is 0 Å². The van der Waals surface area contributed by atoms with Crippen molar-refractivity contribution in [1.82, 2.24) is 4.98 Å². The smallest absolute Gasteiger partial charge is 0.140 e. The summed E-state index contributed by atoms with van der Waals surface area (Å²) in [4.78, 5) is 3.99. The lowest BCUT2D eigenvalue weighted by Crippen LogP contribution is -1.96. The molecule has 0 radical (unpaired) electrons. The number of rotatable bonds is 2. The van der Waals surface area contributed by atoms with E-state index in [0.717, 1.165) is 5.01 Å². The molecule has 0 unspecified atom stereocenters. The molecule has 0 fully saturated rings. The van der Waals surface area contributed by atoms with Crippen molar-refractivity contribution in [2.45, 2.75) is 13.3 Å². The zero-order chi connectivity index (χ0) is 7.40. The van der Waals surface area contributed by atoms with Gasteiger partial charge >= 0.3 is 0 Å². The monoisotopic (exact) mass is 156 g/mol. The summed E-state index contributed by atoms with van der Waals surface area (Å²) in [5, 5.41) is 14.2. The quantitative estimate of drug-likeness (QED) is 0.402. The van der Waals surface area contributed by atoms with E-state index in [-0.39, 0.29) is 0 Å². The minimum atomic E-state index is 0.648. The molecule has 0 aliphatic heterocycles. The zero-order valence-corrected chi connectivity index (χ0v) is 6.43. The highest BCUT2D eigenvalue weighted by atomic mass is 32.1. The van der Waals surface area contributed by atoms with E-state index in [1.807, 2.05) is 12.3 Å². The molecule has 0 spiro atoms. The van der Waals surface area contributed by atoms with Crippen LogP contribution in [0.3, 0.4) is 0 Å². The lowest BCUT2D eigenvalue weighted by Gasteiger charge is -1.91. The second kappa shape index (κ2) is 3.31. The highest BCUT2D eigenvalue weighted by molar-refractivity contribution is 7.11. The molecule has 1 heterocycles. The molecule has 0 aliphatic rings. The maximum absolute atomic E-state index is 8.45. The van der Waals surface area contributed by atoms with Gasteiger partial charge in [0.15, 0.2) is 0 Å². The second-order valence-corrected chi connectivity index (χ2v) is 2.63. The number of hydrogen-bond donors (Lipinski definition) is 1. The van der Waals surface area contributed by atoms with Gasteiger partial charge in [-0.05, 0) is 6.42 Å². The van der Waals surface area contributed by atoms with Gasteiger partial charge in [0.25, 0.3) is 0 Å². The zero-order valence-electron chi connectivity index (χ0n) is 5.61. The Morgan fingerprint density at radius 3 is 3.10 bits per heavy atom. The van der Waals surface area contributed by atoms with Gasteiger partial charge in [-0.3, -0.25) is 0 Å². The first-order valence-electron chi connectivity index (χ1n) is 2.99. The summed E-state index contributed by atoms with van der Waals surface area (Å²) in [5.41, 5.74) is 0.648. The molecule has 0 aliphatic carbocycles. The number of nitrogens with zero attached hydrogens (tertiary/aromatic N) is 2. The fourth-order valence-corrected chi connectivity index (χ4v) is 1.32. The summed E-state index contributed by atoms with van der Waals surface area (Å²) in [7, 11) is 0. The molecular formula is C6H8N2OS. The van der Waals surface area contributed by atoms with Crippen LogP contribution in [0.4, 0.5) is 0 Å². The molecule has 0 saturated heterocycles. The average Bonchev–Trinajstić information content (AvgIpc) is 2.43. The summed E-state index contributed by atoms with van der Waals surface area (Å²) in [5.74, 6) is 0. The van der Waals surface area contributed by atoms with Gasteiger partial charge in [-0.25, -0.2) is 4.98 Å². The van der Waals surface area contributed by atoms with Gasteiger partial charge in [-0.1, -0.05) is 12.1 Å². The number of hydrogen-bond acceptors (Lipinski definition) is 4. The first kappa shape index (κ1) is 7.21. The predicted molar refractivity (Wildman–Crippen MR) is 40.7 cm³/mol. The minimum Gasteiger partial charge on any atom is -0.411 e. The molecule has 1 aromatic rings. The number of aromatic nitrogens is 1. The van der Waals surface area contributed by atoms with Gasteiger partial charge in [-0.15, -0.1) is 11.3 Å². The van der Waals surface area contributed by atoms with Crippen LogP contribution in [0, 0.1) is 0 Å². The van der Waals surface area contributed by atoms with Crippen LogP contribution in [0.1, 0.15) is 18.4 Å². The first-order valence-corrected chi connectivity index (χ1v) is 3.87. The van der Waals surface area contributed by atoms with Crippen molar-refractivity contribution in [3.05, 3.63) is 16.6 Å². The van der Waals surface area contributed by atoms with Crippen LogP contribution in [0.15, 0.2) is 16.7 Å². The molecule has 54 valence electrons. The van der Waals surface area contributed by atoms with E-state index < -0.39 is 0 Å². The van der Waals surface area contributed by atoms with Crippen molar-refractivity contribution in [2.75, 3.05) is 0 Å². The fraction of sp³-hybridized carbons (Fsp3) is 0.333. The Kier molecular flexibility index (Phi) is 2.39. The fourth-order valence-electron chi connectivity index (χ4n) is 0.631. The third-order valence-electron chi connectivity index (χ3n) is 1.13. The van der Waals surface area contributed by atoms with Gasteiger partial charge in [0.2, 0.25) is 0 Å². The summed E-state index contributed by atoms with van der Waals surface area (Å²) in [6.07, 6.45) is 2.41. The molecular weight excluding hydrogens is 148 g/mol. The Balaban J connectivity index is 2.85. The highest BCUT2D eigenvalue weighted by Gasteiger charge is 2.02. The van der Waals surface area contributed by atoms with E-state index in [1.165, 1.54) is 11.3 Å². The normalized spacial score (nSPS) is 11.9. The molecule has 1 rings (SSSR count). The molecule has 3 nitrogen and oxygen atoms in total. The van der Waals surface area contributed by atoms with E-state index in [9.17, 15) is 0 Å². The van der Waals surface area contributed by atoms with Crippen molar-refractivity contribution >= 4 is 17.0 Å². The van der Waals surface area contributed by atoms with Crippen LogP contribution >= 0.6 is 11.3 Å². The molecule has 4 heteroatoms. The van der Waals surface area contributed by atoms with E-state index in [1.54, 1.807) is 6.20 Å². The summed E-state index contributed by atoms with van der Waals surface area (Å²) >= 11 is 1.48. The SMILES string of the molecule is CCC(=NO)c1nccs1. The van der Waals surface area contributed by atoms with Gasteiger partial charge in [0.05, 0.1) is 0 Å². The van der Waals surface area contributed by atoms with Crippen molar-refractivity contribution in [3.63, 3.8) is 0 Å².